The highest BCUT2D eigenvalue weighted by atomic mass is 19.1. The van der Waals surface area contributed by atoms with Crippen molar-refractivity contribution in [1.82, 2.24) is 35.7 Å². The molecule has 2 heterocycles. The van der Waals surface area contributed by atoms with E-state index in [0.29, 0.717) is 29.0 Å². The summed E-state index contributed by atoms with van der Waals surface area (Å²) in [5.41, 5.74) is 0.619. The highest BCUT2D eigenvalue weighted by Gasteiger charge is 2.25. The molecular weight excluding hydrogens is 341 g/mol. The molecule has 0 bridgehead atoms. The quantitative estimate of drug-likeness (QED) is 0.710. The van der Waals surface area contributed by atoms with Crippen LogP contribution in [0.2, 0.25) is 0 Å². The Morgan fingerprint density at radius 1 is 1.31 bits per heavy atom. The van der Waals surface area contributed by atoms with Gasteiger partial charge in [0.25, 0.3) is 0 Å². The Balaban J connectivity index is 1.30. The van der Waals surface area contributed by atoms with Crippen molar-refractivity contribution in [2.24, 2.45) is 0 Å². The number of tetrazole rings is 1. The molecule has 1 saturated carbocycles. The number of rotatable bonds is 6. The van der Waals surface area contributed by atoms with Gasteiger partial charge in [-0.05, 0) is 42.3 Å². The summed E-state index contributed by atoms with van der Waals surface area (Å²) in [6, 6.07) is 5.72. The van der Waals surface area contributed by atoms with E-state index in [0.717, 1.165) is 12.8 Å². The molecule has 1 aliphatic rings. The van der Waals surface area contributed by atoms with Crippen LogP contribution in [0.3, 0.4) is 0 Å². The van der Waals surface area contributed by atoms with Crippen LogP contribution in [0.15, 0.2) is 28.8 Å². The van der Waals surface area contributed by atoms with Crippen molar-refractivity contribution in [3.63, 3.8) is 0 Å². The molecule has 1 aliphatic carbocycles. The normalized spacial score (nSPS) is 14.2. The first-order chi connectivity index (χ1) is 12.7. The zero-order valence-electron chi connectivity index (χ0n) is 13.8. The summed E-state index contributed by atoms with van der Waals surface area (Å²) < 4.78 is 18.1. The number of carbonyl (C=O) groups is 1. The predicted molar refractivity (Wildman–Crippen MR) is 85.9 cm³/mol. The zero-order chi connectivity index (χ0) is 17.9. The maximum atomic E-state index is 12.9. The van der Waals surface area contributed by atoms with Crippen LogP contribution in [0, 0.1) is 5.82 Å². The molecule has 0 spiro atoms. The molecule has 2 aromatic heterocycles. The maximum Gasteiger partial charge on any atom is 0.244 e. The van der Waals surface area contributed by atoms with Crippen LogP contribution in [0.25, 0.3) is 11.4 Å². The minimum atomic E-state index is -0.345. The highest BCUT2D eigenvalue weighted by molar-refractivity contribution is 5.75. The van der Waals surface area contributed by atoms with Gasteiger partial charge in [-0.25, -0.2) is 4.39 Å². The Labute approximate surface area is 147 Å². The summed E-state index contributed by atoms with van der Waals surface area (Å²) >= 11 is 0. The van der Waals surface area contributed by atoms with Crippen LogP contribution in [0.1, 0.15) is 36.9 Å². The summed E-state index contributed by atoms with van der Waals surface area (Å²) in [6.45, 7) is 0.0795. The largest absolute Gasteiger partial charge is 0.347 e. The summed E-state index contributed by atoms with van der Waals surface area (Å²) in [6.07, 6.45) is 3.33. The Morgan fingerprint density at radius 3 is 2.85 bits per heavy atom. The van der Waals surface area contributed by atoms with E-state index in [-0.39, 0.29) is 24.8 Å². The minimum Gasteiger partial charge on any atom is -0.347 e. The average molecular weight is 357 g/mol. The lowest BCUT2D eigenvalue weighted by Crippen LogP contribution is -2.28. The van der Waals surface area contributed by atoms with Crippen LogP contribution in [-0.2, 0) is 17.9 Å². The number of hydrogen-bond donors (Lipinski definition) is 1. The van der Waals surface area contributed by atoms with Crippen molar-refractivity contribution in [1.29, 1.82) is 0 Å². The molecule has 1 N–H and O–H groups in total. The second-order valence-electron chi connectivity index (χ2n) is 6.10. The fourth-order valence-corrected chi connectivity index (χ4v) is 2.55. The van der Waals surface area contributed by atoms with Crippen LogP contribution in [0.4, 0.5) is 4.39 Å². The van der Waals surface area contributed by atoms with Gasteiger partial charge in [-0.3, -0.25) is 4.79 Å². The molecule has 0 saturated heterocycles. The smallest absolute Gasteiger partial charge is 0.244 e. The monoisotopic (exact) mass is 357 g/mol. The third-order valence-corrected chi connectivity index (χ3v) is 4.22. The summed E-state index contributed by atoms with van der Waals surface area (Å²) in [5.74, 6) is 1.11. The van der Waals surface area contributed by atoms with Crippen LogP contribution < -0.4 is 5.32 Å². The van der Waals surface area contributed by atoms with Gasteiger partial charge >= 0.3 is 0 Å². The van der Waals surface area contributed by atoms with Gasteiger partial charge < -0.3 is 9.84 Å². The van der Waals surface area contributed by atoms with Gasteiger partial charge in [0, 0.05) is 11.5 Å². The molecule has 0 unspecified atom stereocenters. The van der Waals surface area contributed by atoms with Gasteiger partial charge in [0.05, 0.1) is 6.54 Å². The number of aromatic nitrogens is 6. The van der Waals surface area contributed by atoms with Gasteiger partial charge in [-0.15, -0.1) is 10.2 Å². The molecule has 9 nitrogen and oxygen atoms in total. The predicted octanol–water partition coefficient (Wildman–Crippen LogP) is 1.45. The van der Waals surface area contributed by atoms with E-state index >= 15 is 0 Å². The van der Waals surface area contributed by atoms with Crippen molar-refractivity contribution in [3.05, 3.63) is 41.8 Å². The second-order valence-corrected chi connectivity index (χ2v) is 6.10. The third kappa shape index (κ3) is 3.58. The second kappa shape index (κ2) is 6.98. The lowest BCUT2D eigenvalue weighted by Gasteiger charge is -2.20. The fraction of sp³-hybridized carbons (Fsp3) is 0.375. The molecule has 4 rings (SSSR count). The Kier molecular flexibility index (Phi) is 4.38. The van der Waals surface area contributed by atoms with Crippen LogP contribution in [0.5, 0.6) is 0 Å². The number of nitrogens with one attached hydrogen (secondary N) is 1. The molecule has 26 heavy (non-hydrogen) atoms. The summed E-state index contributed by atoms with van der Waals surface area (Å²) in [5, 5.41) is 18.4. The number of hydrogen-bond acceptors (Lipinski definition) is 7. The van der Waals surface area contributed by atoms with Gasteiger partial charge in [0.15, 0.2) is 5.82 Å². The molecule has 1 aromatic carbocycles. The number of nitrogens with zero attached hydrogens (tertiary/aromatic N) is 6. The number of halogens is 1. The van der Waals surface area contributed by atoms with Gasteiger partial charge in [0.2, 0.25) is 17.6 Å². The SMILES string of the molecule is O=C(Cn1nnc(-c2ccc(F)cc2)n1)NCc1noc(C2CCC2)n1. The van der Waals surface area contributed by atoms with Crippen molar-refractivity contribution < 1.29 is 13.7 Å². The van der Waals surface area contributed by atoms with Crippen LogP contribution in [-0.4, -0.2) is 36.3 Å². The molecule has 1 fully saturated rings. The molecule has 134 valence electrons. The van der Waals surface area contributed by atoms with E-state index < -0.39 is 0 Å². The van der Waals surface area contributed by atoms with E-state index in [9.17, 15) is 9.18 Å². The van der Waals surface area contributed by atoms with E-state index in [1.807, 2.05) is 0 Å². The lowest BCUT2D eigenvalue weighted by atomic mass is 9.85. The fourth-order valence-electron chi connectivity index (χ4n) is 2.55. The standard InChI is InChI=1S/C16H16FN7O2/c17-12-6-4-10(5-7-12)15-20-23-24(21-15)9-14(25)18-8-13-19-16(26-22-13)11-2-1-3-11/h4-7,11H,1-3,8-9H2,(H,18,25). The Hall–Kier alpha value is -3.17. The van der Waals surface area contributed by atoms with E-state index in [1.54, 1.807) is 12.1 Å². The molecule has 0 atom stereocenters. The molecule has 1 amide bonds. The number of carbonyl (C=O) groups excluding carboxylic acids is 1. The average Bonchev–Trinajstić information content (AvgIpc) is 3.22. The first kappa shape index (κ1) is 16.3. The highest BCUT2D eigenvalue weighted by Crippen LogP contribution is 2.35. The number of benzene rings is 1. The zero-order valence-corrected chi connectivity index (χ0v) is 13.8. The first-order valence-electron chi connectivity index (χ1n) is 8.30. The molecule has 0 radical (unpaired) electrons. The summed E-state index contributed by atoms with van der Waals surface area (Å²) in [7, 11) is 0. The van der Waals surface area contributed by atoms with Crippen molar-refractivity contribution >= 4 is 5.91 Å². The minimum absolute atomic E-state index is 0.0957. The first-order valence-corrected chi connectivity index (χ1v) is 8.30. The van der Waals surface area contributed by atoms with Crippen molar-refractivity contribution in [2.45, 2.75) is 38.3 Å². The molecule has 3 aromatic rings. The Morgan fingerprint density at radius 2 is 2.12 bits per heavy atom. The van der Waals surface area contributed by atoms with Gasteiger partial charge in [-0.1, -0.05) is 11.6 Å². The van der Waals surface area contributed by atoms with E-state index in [1.165, 1.54) is 23.4 Å². The van der Waals surface area contributed by atoms with Crippen molar-refractivity contribution in [3.8, 4) is 11.4 Å². The molecule has 0 aliphatic heterocycles. The molecular formula is C16H16FN7O2. The molecule has 10 heteroatoms. The maximum absolute atomic E-state index is 12.9. The van der Waals surface area contributed by atoms with Gasteiger partial charge in [-0.2, -0.15) is 9.78 Å². The number of amides is 1. The van der Waals surface area contributed by atoms with E-state index in [2.05, 4.69) is 30.9 Å². The Bertz CT molecular complexity index is 901. The summed E-state index contributed by atoms with van der Waals surface area (Å²) in [4.78, 5) is 17.5. The lowest BCUT2D eigenvalue weighted by molar-refractivity contribution is -0.122. The third-order valence-electron chi connectivity index (χ3n) is 4.22. The topological polar surface area (TPSA) is 112 Å². The van der Waals surface area contributed by atoms with Crippen molar-refractivity contribution in [2.75, 3.05) is 0 Å². The van der Waals surface area contributed by atoms with E-state index in [4.69, 9.17) is 4.52 Å². The van der Waals surface area contributed by atoms with Gasteiger partial charge in [0.1, 0.15) is 12.4 Å². The van der Waals surface area contributed by atoms with Crippen LogP contribution >= 0.6 is 0 Å².